The van der Waals surface area contributed by atoms with E-state index in [2.05, 4.69) is 15.5 Å². The highest BCUT2D eigenvalue weighted by atomic mass is 16.6. The van der Waals surface area contributed by atoms with Crippen LogP contribution in [0.3, 0.4) is 0 Å². The van der Waals surface area contributed by atoms with Crippen molar-refractivity contribution in [3.8, 4) is 0 Å². The Hall–Kier alpha value is -3.46. The highest BCUT2D eigenvalue weighted by Gasteiger charge is 2.31. The predicted octanol–water partition coefficient (Wildman–Crippen LogP) is 2.76. The molecule has 2 aromatic carbocycles. The molecule has 9 nitrogen and oxygen atoms in total. The lowest BCUT2D eigenvalue weighted by atomic mass is 10.1. The van der Waals surface area contributed by atoms with Gasteiger partial charge in [-0.05, 0) is 44.0 Å². The van der Waals surface area contributed by atoms with Gasteiger partial charge in [-0.25, -0.2) is 0 Å². The molecule has 1 heterocycles. The summed E-state index contributed by atoms with van der Waals surface area (Å²) in [6, 6.07) is 13.7. The largest absolute Gasteiger partial charge is 0.352 e. The Labute approximate surface area is 186 Å². The molecule has 4 rings (SSSR count). The minimum Gasteiger partial charge on any atom is -0.352 e. The Morgan fingerprint density at radius 2 is 1.75 bits per heavy atom. The molecule has 32 heavy (non-hydrogen) atoms. The third kappa shape index (κ3) is 5.05. The van der Waals surface area contributed by atoms with Crippen molar-refractivity contribution >= 4 is 28.9 Å². The van der Waals surface area contributed by atoms with Crippen LogP contribution < -0.4 is 10.6 Å². The van der Waals surface area contributed by atoms with Crippen LogP contribution in [-0.2, 0) is 4.79 Å². The number of carbonyl (C=O) groups is 2. The van der Waals surface area contributed by atoms with E-state index in [9.17, 15) is 19.7 Å². The number of benzene rings is 2. The zero-order valence-corrected chi connectivity index (χ0v) is 18.0. The lowest BCUT2D eigenvalue weighted by Crippen LogP contribution is -2.55. The molecule has 1 aliphatic carbocycles. The Balaban J connectivity index is 1.40. The van der Waals surface area contributed by atoms with E-state index in [0.29, 0.717) is 37.9 Å². The number of rotatable bonds is 7. The van der Waals surface area contributed by atoms with Crippen LogP contribution in [0.1, 0.15) is 30.1 Å². The van der Waals surface area contributed by atoms with Crippen LogP contribution in [0.5, 0.6) is 0 Å². The summed E-state index contributed by atoms with van der Waals surface area (Å²) in [7, 11) is 0. The van der Waals surface area contributed by atoms with Crippen molar-refractivity contribution in [2.45, 2.75) is 31.8 Å². The molecule has 0 spiro atoms. The number of hydrogen-bond donors (Lipinski definition) is 2. The van der Waals surface area contributed by atoms with E-state index in [-0.39, 0.29) is 29.1 Å². The van der Waals surface area contributed by atoms with Crippen LogP contribution in [0.25, 0.3) is 0 Å². The third-order valence-corrected chi connectivity index (χ3v) is 5.95. The summed E-state index contributed by atoms with van der Waals surface area (Å²) < 4.78 is 0. The molecular formula is C23H27N5O4. The van der Waals surface area contributed by atoms with Crippen molar-refractivity contribution in [1.29, 1.82) is 0 Å². The first-order chi connectivity index (χ1) is 15.4. The topological polar surface area (TPSA) is 108 Å². The van der Waals surface area contributed by atoms with Crippen molar-refractivity contribution in [3.05, 3.63) is 64.2 Å². The number of carbonyl (C=O) groups excluding carboxylic acids is 2. The molecule has 2 amide bonds. The standard InChI is InChI=1S/C23H27N5O4/c1-16(22(29)25-19-8-9-19)26-11-13-27(14-12-26)23(30)17-7-10-20(21(15-17)28(31)32)24-18-5-3-2-4-6-18/h2-7,10,15-16,19,24H,8-9,11-14H2,1H3,(H,25,29)/t16-/m1/s1. The van der Waals surface area contributed by atoms with Gasteiger partial charge in [-0.1, -0.05) is 18.2 Å². The maximum atomic E-state index is 13.0. The van der Waals surface area contributed by atoms with Gasteiger partial charge in [0.05, 0.1) is 11.0 Å². The number of nitrogens with zero attached hydrogens (tertiary/aromatic N) is 3. The van der Waals surface area contributed by atoms with Gasteiger partial charge in [0.2, 0.25) is 5.91 Å². The molecule has 168 valence electrons. The molecule has 1 atom stereocenters. The normalized spacial score (nSPS) is 17.5. The Bertz CT molecular complexity index is 1000. The maximum absolute atomic E-state index is 13.0. The van der Waals surface area contributed by atoms with Crippen LogP contribution in [-0.4, -0.2) is 64.8 Å². The van der Waals surface area contributed by atoms with Gasteiger partial charge in [0.1, 0.15) is 5.69 Å². The smallest absolute Gasteiger partial charge is 0.293 e. The average Bonchev–Trinajstić information content (AvgIpc) is 3.63. The number of nitro benzene ring substituents is 1. The summed E-state index contributed by atoms with van der Waals surface area (Å²) in [6.45, 7) is 3.99. The lowest BCUT2D eigenvalue weighted by Gasteiger charge is -2.37. The van der Waals surface area contributed by atoms with Crippen molar-refractivity contribution in [2.75, 3.05) is 31.5 Å². The summed E-state index contributed by atoms with van der Waals surface area (Å²) in [5.41, 5.74) is 1.19. The molecule has 1 saturated heterocycles. The lowest BCUT2D eigenvalue weighted by molar-refractivity contribution is -0.383. The van der Waals surface area contributed by atoms with Crippen molar-refractivity contribution < 1.29 is 14.5 Å². The number of nitro groups is 1. The fraction of sp³-hybridized carbons (Fsp3) is 0.391. The van der Waals surface area contributed by atoms with Gasteiger partial charge in [-0.15, -0.1) is 0 Å². The SMILES string of the molecule is C[C@H](C(=O)NC1CC1)N1CCN(C(=O)c2ccc(Nc3ccccc3)c([N+](=O)[O-])c2)CC1. The number of hydrogen-bond acceptors (Lipinski definition) is 6. The number of nitrogens with one attached hydrogen (secondary N) is 2. The van der Waals surface area contributed by atoms with Crippen molar-refractivity contribution in [3.63, 3.8) is 0 Å². The molecule has 2 N–H and O–H groups in total. The number of para-hydroxylation sites is 1. The molecule has 2 fully saturated rings. The van der Waals surface area contributed by atoms with Gasteiger partial charge in [-0.2, -0.15) is 0 Å². The van der Waals surface area contributed by atoms with Crippen molar-refractivity contribution in [2.24, 2.45) is 0 Å². The van der Waals surface area contributed by atoms with Crippen molar-refractivity contribution in [1.82, 2.24) is 15.1 Å². The molecule has 1 saturated carbocycles. The molecule has 2 aromatic rings. The average molecular weight is 438 g/mol. The van der Waals surface area contributed by atoms with E-state index in [1.165, 1.54) is 6.07 Å². The summed E-state index contributed by atoms with van der Waals surface area (Å²) in [5, 5.41) is 17.7. The number of anilines is 2. The van der Waals surface area contributed by atoms with Crippen LogP contribution in [0.2, 0.25) is 0 Å². The molecule has 0 bridgehead atoms. The third-order valence-electron chi connectivity index (χ3n) is 5.95. The summed E-state index contributed by atoms with van der Waals surface area (Å²) in [5.74, 6) is -0.210. The monoisotopic (exact) mass is 437 g/mol. The van der Waals surface area contributed by atoms with E-state index in [1.54, 1.807) is 17.0 Å². The molecular weight excluding hydrogens is 410 g/mol. The van der Waals surface area contributed by atoms with E-state index in [4.69, 9.17) is 0 Å². The highest BCUT2D eigenvalue weighted by Crippen LogP contribution is 2.29. The zero-order valence-electron chi connectivity index (χ0n) is 18.0. The molecule has 1 aliphatic heterocycles. The van der Waals surface area contributed by atoms with Crippen LogP contribution in [0.15, 0.2) is 48.5 Å². The zero-order chi connectivity index (χ0) is 22.7. The summed E-state index contributed by atoms with van der Waals surface area (Å²) in [4.78, 5) is 40.2. The number of amides is 2. The summed E-state index contributed by atoms with van der Waals surface area (Å²) in [6.07, 6.45) is 2.10. The van der Waals surface area contributed by atoms with Crippen LogP contribution in [0.4, 0.5) is 17.1 Å². The van der Waals surface area contributed by atoms with Crippen LogP contribution in [0, 0.1) is 10.1 Å². The second-order valence-electron chi connectivity index (χ2n) is 8.27. The van der Waals surface area contributed by atoms with Gasteiger partial charge < -0.3 is 15.5 Å². The summed E-state index contributed by atoms with van der Waals surface area (Å²) >= 11 is 0. The highest BCUT2D eigenvalue weighted by molar-refractivity contribution is 5.96. The van der Waals surface area contributed by atoms with Gasteiger partial charge in [-0.3, -0.25) is 24.6 Å². The first-order valence-electron chi connectivity index (χ1n) is 10.9. The maximum Gasteiger partial charge on any atom is 0.293 e. The second kappa shape index (κ2) is 9.35. The number of piperazine rings is 1. The molecule has 0 radical (unpaired) electrons. The Morgan fingerprint density at radius 3 is 2.38 bits per heavy atom. The minimum atomic E-state index is -0.486. The Morgan fingerprint density at radius 1 is 1.06 bits per heavy atom. The first kappa shape index (κ1) is 21.8. The Kier molecular flexibility index (Phi) is 6.36. The van der Waals surface area contributed by atoms with E-state index in [1.807, 2.05) is 37.3 Å². The van der Waals surface area contributed by atoms with Gasteiger partial charge in [0.25, 0.3) is 11.6 Å². The van der Waals surface area contributed by atoms with E-state index < -0.39 is 4.92 Å². The minimum absolute atomic E-state index is 0.0319. The molecule has 0 unspecified atom stereocenters. The predicted molar refractivity (Wildman–Crippen MR) is 121 cm³/mol. The molecule has 9 heteroatoms. The van der Waals surface area contributed by atoms with Crippen LogP contribution >= 0.6 is 0 Å². The fourth-order valence-electron chi connectivity index (χ4n) is 3.81. The van der Waals surface area contributed by atoms with Gasteiger partial charge >= 0.3 is 0 Å². The molecule has 0 aromatic heterocycles. The van der Waals surface area contributed by atoms with Gasteiger partial charge in [0, 0.05) is 49.5 Å². The van der Waals surface area contributed by atoms with E-state index in [0.717, 1.165) is 18.5 Å². The second-order valence-corrected chi connectivity index (χ2v) is 8.27. The first-order valence-corrected chi connectivity index (χ1v) is 10.9. The van der Waals surface area contributed by atoms with Gasteiger partial charge in [0.15, 0.2) is 0 Å². The quantitative estimate of drug-likeness (QED) is 0.509. The fourth-order valence-corrected chi connectivity index (χ4v) is 3.81. The molecule has 2 aliphatic rings. The van der Waals surface area contributed by atoms with E-state index >= 15 is 0 Å².